The molecule has 0 radical (unpaired) electrons. The van der Waals surface area contributed by atoms with Crippen LogP contribution in [0.4, 0.5) is 0 Å². The molecule has 3 aromatic carbocycles. The predicted molar refractivity (Wildman–Crippen MR) is 259 cm³/mol. The van der Waals surface area contributed by atoms with Gasteiger partial charge in [0.05, 0.1) is 25.0 Å². The zero-order valence-electron chi connectivity index (χ0n) is 40.0. The summed E-state index contributed by atoms with van der Waals surface area (Å²) < 4.78 is 0. The number of nitrogens with one attached hydrogen (secondary N) is 7. The summed E-state index contributed by atoms with van der Waals surface area (Å²) in [6, 6.07) is 18.5. The van der Waals surface area contributed by atoms with E-state index in [2.05, 4.69) is 36.9 Å². The fourth-order valence-corrected chi connectivity index (χ4v) is 8.02. The molecule has 17 nitrogen and oxygen atoms in total. The number of aliphatic carboxylic acids is 1. The highest BCUT2D eigenvalue weighted by Crippen LogP contribution is 2.29. The van der Waals surface area contributed by atoms with Crippen LogP contribution in [0.15, 0.2) is 91.1 Å². The predicted octanol–water partition coefficient (Wildman–Crippen LogP) is 3.61. The first-order valence-electron chi connectivity index (χ1n) is 23.3. The second-order valence-electron chi connectivity index (χ2n) is 17.9. The van der Waals surface area contributed by atoms with E-state index in [9.17, 15) is 43.5 Å². The first kappa shape index (κ1) is 53.7. The SMILES string of the molecule is CC[C@H](C)[C@H](NC(=O)[C@@H](NC(=O)[C@@H](N)Cc1c[nH]c2ccccc12)[C@@H](C)CC)C(=O)NCC(=O)[C@H](CC(=O)O)NC(=O)[C@H](CC(C)C)NC(=O)[C@@H](NC(C)=O)C(c1ccccc1)c1ccccc1. The van der Waals surface area contributed by atoms with Crippen molar-refractivity contribution in [2.45, 2.75) is 123 Å². The fraction of sp³-hybridized carbons (Fsp3) is 0.451. The van der Waals surface area contributed by atoms with E-state index in [1.807, 2.05) is 113 Å². The first-order valence-corrected chi connectivity index (χ1v) is 23.3. The van der Waals surface area contributed by atoms with Crippen molar-refractivity contribution in [2.24, 2.45) is 23.5 Å². The number of ketones is 1. The summed E-state index contributed by atoms with van der Waals surface area (Å²) in [6.07, 6.45) is 2.17. The smallest absolute Gasteiger partial charge is 0.305 e. The molecule has 68 heavy (non-hydrogen) atoms. The molecular weight excluding hydrogens is 869 g/mol. The minimum absolute atomic E-state index is 0.0842. The minimum atomic E-state index is -1.63. The van der Waals surface area contributed by atoms with Crippen LogP contribution in [0.3, 0.4) is 0 Å². The molecule has 4 aromatic rings. The maximum absolute atomic E-state index is 14.3. The molecule has 366 valence electrons. The number of aromatic nitrogens is 1. The summed E-state index contributed by atoms with van der Waals surface area (Å²) >= 11 is 0. The third kappa shape index (κ3) is 15.3. The van der Waals surface area contributed by atoms with E-state index in [4.69, 9.17) is 5.73 Å². The van der Waals surface area contributed by atoms with Gasteiger partial charge in [-0.05, 0) is 53.4 Å². The number of carboxylic acids is 1. The number of rotatable bonds is 26. The molecule has 17 heteroatoms. The average molecular weight is 937 g/mol. The third-order valence-electron chi connectivity index (χ3n) is 12.2. The molecule has 0 fully saturated rings. The van der Waals surface area contributed by atoms with Crippen LogP contribution in [-0.4, -0.2) is 100 Å². The summed E-state index contributed by atoms with van der Waals surface area (Å²) in [5.41, 5.74) is 9.53. The standard InChI is InChI=1S/C51H68N8O9/c1-8-30(5)44(59-50(67)45(31(6)9-2)58-47(64)37(52)25-35-27-53-38-23-17-16-22-36(35)38)49(66)54-28-41(61)39(26-42(62)63)56-48(65)40(24-29(3)4)57-51(68)46(55-32(7)60)43(33-18-12-10-13-19-33)34-20-14-11-15-21-34/h10-23,27,29-31,37,39-40,43-46,53H,8-9,24-26,28,52H2,1-7H3,(H,54,66)(H,55,60)(H,56,65)(H,57,68)(H,58,64)(H,59,67)(H,62,63)/t30-,31-,37-,39-,40-,44-,45-,46-/m0/s1. The summed E-state index contributed by atoms with van der Waals surface area (Å²) in [7, 11) is 0. The molecule has 0 spiro atoms. The van der Waals surface area contributed by atoms with Crippen LogP contribution in [0.5, 0.6) is 0 Å². The molecule has 0 aliphatic carbocycles. The Morgan fingerprint density at radius 1 is 0.618 bits per heavy atom. The molecule has 1 heterocycles. The maximum Gasteiger partial charge on any atom is 0.305 e. The van der Waals surface area contributed by atoms with Crippen molar-refractivity contribution in [1.29, 1.82) is 0 Å². The number of aromatic amines is 1. The molecule has 0 bridgehead atoms. The fourth-order valence-electron chi connectivity index (χ4n) is 8.02. The van der Waals surface area contributed by atoms with Gasteiger partial charge in [0.25, 0.3) is 0 Å². The Hall–Kier alpha value is -6.88. The normalized spacial score (nSPS) is 14.9. The molecule has 0 aliphatic rings. The number of Topliss-reactive ketones (excluding diaryl/α,β-unsaturated/α-hetero) is 1. The molecule has 8 atom stereocenters. The van der Waals surface area contributed by atoms with Crippen molar-refractivity contribution in [1.82, 2.24) is 36.9 Å². The van der Waals surface area contributed by atoms with Gasteiger partial charge >= 0.3 is 5.97 Å². The van der Waals surface area contributed by atoms with Crippen LogP contribution in [0.1, 0.15) is 96.8 Å². The van der Waals surface area contributed by atoms with Gasteiger partial charge < -0.3 is 47.7 Å². The van der Waals surface area contributed by atoms with Gasteiger partial charge in [-0.2, -0.15) is 0 Å². The van der Waals surface area contributed by atoms with Crippen LogP contribution in [0, 0.1) is 17.8 Å². The lowest BCUT2D eigenvalue weighted by Gasteiger charge is -2.30. The van der Waals surface area contributed by atoms with Crippen molar-refractivity contribution in [3.8, 4) is 0 Å². The Morgan fingerprint density at radius 3 is 1.68 bits per heavy atom. The zero-order valence-corrected chi connectivity index (χ0v) is 40.0. The number of benzene rings is 3. The Bertz CT molecular complexity index is 2320. The summed E-state index contributed by atoms with van der Waals surface area (Å²) in [5, 5.41) is 26.8. The van der Waals surface area contributed by atoms with Gasteiger partial charge in [0.15, 0.2) is 5.78 Å². The molecule has 6 amide bonds. The van der Waals surface area contributed by atoms with Crippen molar-refractivity contribution in [3.63, 3.8) is 0 Å². The van der Waals surface area contributed by atoms with E-state index >= 15 is 0 Å². The van der Waals surface area contributed by atoms with Crippen LogP contribution < -0.4 is 37.6 Å². The number of carbonyl (C=O) groups is 8. The lowest BCUT2D eigenvalue weighted by molar-refractivity contribution is -0.140. The Balaban J connectivity index is 1.47. The number of amides is 6. The lowest BCUT2D eigenvalue weighted by atomic mass is 9.84. The van der Waals surface area contributed by atoms with Gasteiger partial charge in [-0.3, -0.25) is 38.4 Å². The van der Waals surface area contributed by atoms with Gasteiger partial charge in [-0.1, -0.05) is 133 Å². The number of fused-ring (bicyclic) bond motifs is 1. The first-order chi connectivity index (χ1) is 32.3. The van der Waals surface area contributed by atoms with Crippen molar-refractivity contribution in [2.75, 3.05) is 6.54 Å². The van der Waals surface area contributed by atoms with Crippen molar-refractivity contribution >= 4 is 58.1 Å². The van der Waals surface area contributed by atoms with Gasteiger partial charge in [-0.15, -0.1) is 0 Å². The van der Waals surface area contributed by atoms with Crippen molar-refractivity contribution < 1.29 is 43.5 Å². The zero-order chi connectivity index (χ0) is 50.1. The van der Waals surface area contributed by atoms with Crippen LogP contribution >= 0.6 is 0 Å². The van der Waals surface area contributed by atoms with E-state index in [1.54, 1.807) is 20.0 Å². The summed E-state index contributed by atoms with van der Waals surface area (Å²) in [4.78, 5) is 111. The van der Waals surface area contributed by atoms with Gasteiger partial charge in [0.2, 0.25) is 35.4 Å². The van der Waals surface area contributed by atoms with E-state index in [-0.39, 0.29) is 24.7 Å². The van der Waals surface area contributed by atoms with Gasteiger partial charge in [-0.25, -0.2) is 0 Å². The number of hydrogen-bond donors (Lipinski definition) is 9. The van der Waals surface area contributed by atoms with Crippen LogP contribution in [0.25, 0.3) is 10.9 Å². The van der Waals surface area contributed by atoms with E-state index in [0.29, 0.717) is 12.8 Å². The molecule has 0 saturated carbocycles. The number of nitrogens with two attached hydrogens (primary N) is 1. The number of hydrogen-bond acceptors (Lipinski definition) is 9. The van der Waals surface area contributed by atoms with Gasteiger partial charge in [0, 0.05) is 29.9 Å². The number of H-pyrrole nitrogens is 1. The second-order valence-corrected chi connectivity index (χ2v) is 17.9. The highest BCUT2D eigenvalue weighted by molar-refractivity contribution is 5.99. The Labute approximate surface area is 397 Å². The molecule has 4 rings (SSSR count). The maximum atomic E-state index is 14.3. The van der Waals surface area contributed by atoms with E-state index in [1.165, 1.54) is 6.92 Å². The molecule has 10 N–H and O–H groups in total. The minimum Gasteiger partial charge on any atom is -0.481 e. The molecule has 0 aliphatic heterocycles. The summed E-state index contributed by atoms with van der Waals surface area (Å²) in [6.45, 7) is 11.4. The average Bonchev–Trinajstić information content (AvgIpc) is 3.72. The van der Waals surface area contributed by atoms with E-state index < -0.39 is 108 Å². The highest BCUT2D eigenvalue weighted by Gasteiger charge is 2.37. The third-order valence-corrected chi connectivity index (χ3v) is 12.2. The number of carbonyl (C=O) groups excluding carboxylic acids is 7. The van der Waals surface area contributed by atoms with Crippen LogP contribution in [-0.2, 0) is 44.8 Å². The quantitative estimate of drug-likeness (QED) is 0.0442. The van der Waals surface area contributed by atoms with Gasteiger partial charge in [0.1, 0.15) is 24.2 Å². The topological polar surface area (TPSA) is 271 Å². The Kier molecular flexibility index (Phi) is 20.4. The van der Waals surface area contributed by atoms with Crippen molar-refractivity contribution in [3.05, 3.63) is 108 Å². The Morgan fingerprint density at radius 2 is 1.13 bits per heavy atom. The lowest BCUT2D eigenvalue weighted by Crippen LogP contribution is -2.60. The summed E-state index contributed by atoms with van der Waals surface area (Å²) in [5.74, 6) is -7.87. The molecule has 1 aromatic heterocycles. The molecule has 0 unspecified atom stereocenters. The molecular formula is C51H68N8O9. The number of para-hydroxylation sites is 1. The highest BCUT2D eigenvalue weighted by atomic mass is 16.4. The second kappa shape index (κ2) is 25.9. The molecule has 0 saturated heterocycles. The number of carboxylic acid groups (broad SMARTS) is 1. The largest absolute Gasteiger partial charge is 0.481 e. The monoisotopic (exact) mass is 937 g/mol. The van der Waals surface area contributed by atoms with Crippen LogP contribution in [0.2, 0.25) is 0 Å². The van der Waals surface area contributed by atoms with E-state index in [0.717, 1.165) is 27.6 Å².